The lowest BCUT2D eigenvalue weighted by Crippen LogP contribution is -2.33. The number of halogens is 1. The highest BCUT2D eigenvalue weighted by atomic mass is 35.5. The van der Waals surface area contributed by atoms with Crippen molar-refractivity contribution in [1.29, 1.82) is 0 Å². The summed E-state index contributed by atoms with van der Waals surface area (Å²) in [5.74, 6) is -0.0195. The number of nitrogen functional groups attached to an aromatic ring is 1. The first-order chi connectivity index (χ1) is 9.52. The van der Waals surface area contributed by atoms with Gasteiger partial charge in [0.2, 0.25) is 5.95 Å². The van der Waals surface area contributed by atoms with E-state index in [4.69, 9.17) is 27.2 Å². The maximum Gasteiger partial charge on any atom is 0.223 e. The van der Waals surface area contributed by atoms with Crippen molar-refractivity contribution in [2.24, 2.45) is 0 Å². The smallest absolute Gasteiger partial charge is 0.223 e. The number of imidazole rings is 1. The average molecular weight is 302 g/mol. The fourth-order valence-corrected chi connectivity index (χ4v) is 2.49. The van der Waals surface area contributed by atoms with E-state index >= 15 is 0 Å². The third-order valence-electron chi connectivity index (χ3n) is 3.19. The number of anilines is 1. The highest BCUT2D eigenvalue weighted by molar-refractivity contribution is 6.33. The molecule has 0 amide bonds. The summed E-state index contributed by atoms with van der Waals surface area (Å²) < 4.78 is 6.80. The van der Waals surface area contributed by atoms with Gasteiger partial charge in [-0.2, -0.15) is 9.97 Å². The minimum Gasteiger partial charge on any atom is -0.394 e. The summed E-state index contributed by atoms with van der Waals surface area (Å²) in [7, 11) is 0. The Balaban J connectivity index is 2.07. The largest absolute Gasteiger partial charge is 0.394 e. The first-order valence-corrected chi connectivity index (χ1v) is 6.18. The number of aliphatic hydroxyl groups is 3. The Hall–Kier alpha value is -1.52. The summed E-state index contributed by atoms with van der Waals surface area (Å²) in [6, 6.07) is 0. The van der Waals surface area contributed by atoms with Crippen molar-refractivity contribution in [2.75, 3.05) is 12.3 Å². The first-order valence-electron chi connectivity index (χ1n) is 5.81. The topological polar surface area (TPSA) is 140 Å². The normalized spacial score (nSPS) is 30.2. The molecule has 4 atom stereocenters. The Bertz CT molecular complexity index is 650. The number of hydrogen-bond donors (Lipinski definition) is 4. The summed E-state index contributed by atoms with van der Waals surface area (Å²) in [6.07, 6.45) is -2.93. The molecule has 3 heterocycles. The molecule has 0 radical (unpaired) electrons. The Morgan fingerprint density at radius 3 is 2.75 bits per heavy atom. The predicted octanol–water partition coefficient (Wildman–Crippen LogP) is -1.33. The fraction of sp³-hybridized carbons (Fsp3) is 0.500. The van der Waals surface area contributed by atoms with E-state index in [1.165, 1.54) is 10.9 Å². The molecule has 0 aromatic carbocycles. The Morgan fingerprint density at radius 2 is 2.10 bits per heavy atom. The third kappa shape index (κ3) is 1.91. The fourth-order valence-electron chi connectivity index (χ4n) is 2.22. The lowest BCUT2D eigenvalue weighted by Gasteiger charge is -2.17. The van der Waals surface area contributed by atoms with Crippen molar-refractivity contribution in [3.8, 4) is 0 Å². The van der Waals surface area contributed by atoms with Gasteiger partial charge in [0.05, 0.1) is 12.9 Å². The SMILES string of the molecule is Nc1nc(Cl)c2c(ncn2[C@@H]2O[C@H](CO)[C@@H](O)[C@H]2O)n1. The van der Waals surface area contributed by atoms with Gasteiger partial charge >= 0.3 is 0 Å². The van der Waals surface area contributed by atoms with E-state index in [1.54, 1.807) is 0 Å². The molecule has 5 N–H and O–H groups in total. The molecule has 9 nitrogen and oxygen atoms in total. The molecule has 1 aliphatic rings. The van der Waals surface area contributed by atoms with Crippen LogP contribution in [0.15, 0.2) is 6.33 Å². The van der Waals surface area contributed by atoms with Gasteiger partial charge in [-0.1, -0.05) is 11.6 Å². The van der Waals surface area contributed by atoms with Crippen molar-refractivity contribution >= 4 is 28.7 Å². The van der Waals surface area contributed by atoms with Gasteiger partial charge in [0, 0.05) is 0 Å². The average Bonchev–Trinajstić information content (AvgIpc) is 2.93. The number of aromatic nitrogens is 4. The molecule has 2 aromatic rings. The Labute approximate surface area is 117 Å². The van der Waals surface area contributed by atoms with Crippen LogP contribution in [0.3, 0.4) is 0 Å². The first kappa shape index (κ1) is 13.5. The molecule has 108 valence electrons. The molecule has 1 fully saturated rings. The van der Waals surface area contributed by atoms with E-state index in [0.29, 0.717) is 5.52 Å². The Kier molecular flexibility index (Phi) is 3.22. The lowest BCUT2D eigenvalue weighted by atomic mass is 10.1. The molecule has 1 aliphatic heterocycles. The number of nitrogens with two attached hydrogens (primary N) is 1. The molecule has 2 aromatic heterocycles. The summed E-state index contributed by atoms with van der Waals surface area (Å²) >= 11 is 6.00. The maximum atomic E-state index is 9.99. The highest BCUT2D eigenvalue weighted by Gasteiger charge is 2.44. The van der Waals surface area contributed by atoms with E-state index in [-0.39, 0.29) is 16.7 Å². The second-order valence-electron chi connectivity index (χ2n) is 4.43. The number of fused-ring (bicyclic) bond motifs is 1. The summed E-state index contributed by atoms with van der Waals surface area (Å²) in [4.78, 5) is 11.7. The van der Waals surface area contributed by atoms with E-state index in [2.05, 4.69) is 15.0 Å². The van der Waals surface area contributed by atoms with Crippen LogP contribution in [-0.4, -0.2) is 59.8 Å². The number of rotatable bonds is 2. The Morgan fingerprint density at radius 1 is 1.35 bits per heavy atom. The van der Waals surface area contributed by atoms with Crippen molar-refractivity contribution in [2.45, 2.75) is 24.5 Å². The number of aliphatic hydroxyl groups excluding tert-OH is 3. The van der Waals surface area contributed by atoms with Gasteiger partial charge in [-0.3, -0.25) is 4.57 Å². The van der Waals surface area contributed by atoms with Crippen LogP contribution in [0.4, 0.5) is 5.95 Å². The summed E-state index contributed by atoms with van der Waals surface area (Å²) in [5.41, 5.74) is 6.05. The van der Waals surface area contributed by atoms with Crippen LogP contribution in [0.5, 0.6) is 0 Å². The van der Waals surface area contributed by atoms with Crippen LogP contribution in [-0.2, 0) is 4.74 Å². The van der Waals surface area contributed by atoms with Gasteiger partial charge in [0.25, 0.3) is 0 Å². The molecule has 0 unspecified atom stereocenters. The minimum absolute atomic E-state index is 0.0195. The zero-order chi connectivity index (χ0) is 14.4. The third-order valence-corrected chi connectivity index (χ3v) is 3.46. The minimum atomic E-state index is -1.24. The number of ether oxygens (including phenoxy) is 1. The molecule has 1 saturated heterocycles. The zero-order valence-corrected chi connectivity index (χ0v) is 10.8. The van der Waals surface area contributed by atoms with Crippen molar-refractivity contribution in [1.82, 2.24) is 19.5 Å². The number of hydrogen-bond acceptors (Lipinski definition) is 8. The molecule has 0 aliphatic carbocycles. The predicted molar refractivity (Wildman–Crippen MR) is 67.8 cm³/mol. The summed E-state index contributed by atoms with van der Waals surface area (Å²) in [6.45, 7) is -0.418. The van der Waals surface area contributed by atoms with Gasteiger partial charge in [-0.25, -0.2) is 4.98 Å². The second-order valence-corrected chi connectivity index (χ2v) is 4.78. The number of nitrogens with zero attached hydrogens (tertiary/aromatic N) is 4. The van der Waals surface area contributed by atoms with Crippen LogP contribution in [0, 0.1) is 0 Å². The van der Waals surface area contributed by atoms with Gasteiger partial charge < -0.3 is 25.8 Å². The van der Waals surface area contributed by atoms with E-state index < -0.39 is 31.1 Å². The zero-order valence-electron chi connectivity index (χ0n) is 10.1. The molecule has 3 rings (SSSR count). The quantitative estimate of drug-likeness (QED) is 0.500. The molecule has 20 heavy (non-hydrogen) atoms. The van der Waals surface area contributed by atoms with Crippen molar-refractivity contribution in [3.05, 3.63) is 11.5 Å². The molecule has 10 heteroatoms. The van der Waals surface area contributed by atoms with Gasteiger partial charge in [0.15, 0.2) is 17.0 Å². The van der Waals surface area contributed by atoms with Crippen LogP contribution in [0.2, 0.25) is 5.15 Å². The maximum absolute atomic E-state index is 9.99. The van der Waals surface area contributed by atoms with E-state index in [1.807, 2.05) is 0 Å². The molecule has 0 bridgehead atoms. The van der Waals surface area contributed by atoms with E-state index in [9.17, 15) is 10.2 Å². The van der Waals surface area contributed by atoms with Crippen LogP contribution < -0.4 is 5.73 Å². The van der Waals surface area contributed by atoms with Crippen molar-refractivity contribution < 1.29 is 20.1 Å². The monoisotopic (exact) mass is 301 g/mol. The van der Waals surface area contributed by atoms with Gasteiger partial charge in [-0.05, 0) is 0 Å². The molecule has 0 saturated carbocycles. The van der Waals surface area contributed by atoms with Gasteiger partial charge in [-0.15, -0.1) is 0 Å². The van der Waals surface area contributed by atoms with Crippen LogP contribution >= 0.6 is 11.6 Å². The van der Waals surface area contributed by atoms with Gasteiger partial charge in [0.1, 0.15) is 23.8 Å². The summed E-state index contributed by atoms with van der Waals surface area (Å²) in [5, 5.41) is 28.9. The molecular formula is C10H12ClN5O4. The lowest BCUT2D eigenvalue weighted by molar-refractivity contribution is -0.0509. The second kappa shape index (κ2) is 4.79. The van der Waals surface area contributed by atoms with Crippen LogP contribution in [0.25, 0.3) is 11.2 Å². The van der Waals surface area contributed by atoms with Crippen LogP contribution in [0.1, 0.15) is 6.23 Å². The van der Waals surface area contributed by atoms with E-state index in [0.717, 1.165) is 0 Å². The molecule has 0 spiro atoms. The van der Waals surface area contributed by atoms with Crippen molar-refractivity contribution in [3.63, 3.8) is 0 Å². The highest BCUT2D eigenvalue weighted by Crippen LogP contribution is 2.33. The molecular weight excluding hydrogens is 290 g/mol. The standard InChI is InChI=1S/C10H12ClN5O4/c11-7-4-8(15-10(12)14-7)13-2-16(4)9-6(19)5(18)3(1-17)20-9/h2-3,5-6,9,17-19H,1H2,(H2,12,14,15)/t3-,5-,6-,9-/m1/s1.